The van der Waals surface area contributed by atoms with Gasteiger partial charge >= 0.3 is 6.18 Å². The Labute approximate surface area is 149 Å². The molecule has 0 aliphatic carbocycles. The summed E-state index contributed by atoms with van der Waals surface area (Å²) < 4.78 is 38.0. The Hall–Kier alpha value is -2.66. The van der Waals surface area contributed by atoms with E-state index in [1.807, 2.05) is 0 Å². The van der Waals surface area contributed by atoms with E-state index in [0.717, 1.165) is 38.1 Å². The van der Waals surface area contributed by atoms with Gasteiger partial charge in [0.25, 0.3) is 0 Å². The second kappa shape index (κ2) is 7.30. The van der Waals surface area contributed by atoms with E-state index < -0.39 is 11.7 Å². The molecule has 1 saturated heterocycles. The lowest BCUT2D eigenvalue weighted by atomic mass is 10.1. The SMILES string of the molecule is [C-]#[N+]c1cc(N[C@@H]2CCCN(C)C2)nnc1-c1ccc(C(F)(F)F)cc1. The van der Waals surface area contributed by atoms with Crippen molar-refractivity contribution in [1.29, 1.82) is 0 Å². The monoisotopic (exact) mass is 361 g/mol. The number of anilines is 1. The summed E-state index contributed by atoms with van der Waals surface area (Å²) in [5.74, 6) is 0.506. The van der Waals surface area contributed by atoms with E-state index in [4.69, 9.17) is 6.57 Å². The molecule has 3 rings (SSSR count). The lowest BCUT2D eigenvalue weighted by molar-refractivity contribution is -0.137. The standard InChI is InChI=1S/C18H18F3N5/c1-22-15-10-16(23-14-4-3-9-26(2)11-14)24-25-17(15)12-5-7-13(8-6-12)18(19,20)21/h5-8,10,14H,3-4,9,11H2,2H3,(H,23,24)/t14-/m1/s1. The van der Waals surface area contributed by atoms with Crippen molar-refractivity contribution in [3.63, 3.8) is 0 Å². The number of nitrogens with zero attached hydrogens (tertiary/aromatic N) is 4. The molecule has 136 valence electrons. The highest BCUT2D eigenvalue weighted by Crippen LogP contribution is 2.33. The molecule has 0 amide bonds. The number of aromatic nitrogens is 2. The molecule has 0 radical (unpaired) electrons. The number of piperidine rings is 1. The van der Waals surface area contributed by atoms with Crippen LogP contribution in [0.2, 0.25) is 0 Å². The van der Waals surface area contributed by atoms with Crippen molar-refractivity contribution in [2.45, 2.75) is 25.1 Å². The molecule has 26 heavy (non-hydrogen) atoms. The van der Waals surface area contributed by atoms with Crippen LogP contribution in [0, 0.1) is 6.57 Å². The quantitative estimate of drug-likeness (QED) is 0.832. The fourth-order valence-electron chi connectivity index (χ4n) is 3.05. The first-order valence-corrected chi connectivity index (χ1v) is 8.24. The molecule has 1 aliphatic heterocycles. The predicted molar refractivity (Wildman–Crippen MR) is 92.9 cm³/mol. The highest BCUT2D eigenvalue weighted by atomic mass is 19.4. The van der Waals surface area contributed by atoms with Crippen LogP contribution in [0.5, 0.6) is 0 Å². The van der Waals surface area contributed by atoms with Gasteiger partial charge < -0.3 is 10.2 Å². The topological polar surface area (TPSA) is 45.4 Å². The molecule has 1 aliphatic rings. The molecule has 2 heterocycles. The smallest absolute Gasteiger partial charge is 0.366 e. The number of likely N-dealkylation sites (tertiary alicyclic amines) is 1. The summed E-state index contributed by atoms with van der Waals surface area (Å²) in [6, 6.07) is 6.42. The van der Waals surface area contributed by atoms with Gasteiger partial charge in [0.15, 0.2) is 0 Å². The summed E-state index contributed by atoms with van der Waals surface area (Å²) in [5.41, 5.74) is 0.227. The molecule has 2 aromatic rings. The van der Waals surface area contributed by atoms with E-state index in [0.29, 0.717) is 11.4 Å². The van der Waals surface area contributed by atoms with Gasteiger partial charge in [0.05, 0.1) is 17.8 Å². The van der Waals surface area contributed by atoms with E-state index in [9.17, 15) is 13.2 Å². The minimum Gasteiger partial charge on any atom is -0.366 e. The summed E-state index contributed by atoms with van der Waals surface area (Å²) in [6.45, 7) is 9.31. The Morgan fingerprint density at radius 2 is 1.96 bits per heavy atom. The molecule has 1 atom stereocenters. The molecule has 1 aromatic carbocycles. The first-order chi connectivity index (χ1) is 12.4. The first kappa shape index (κ1) is 18.1. The maximum Gasteiger partial charge on any atom is 0.416 e. The number of hydrogen-bond acceptors (Lipinski definition) is 4. The van der Waals surface area contributed by atoms with E-state index in [1.165, 1.54) is 12.1 Å². The second-order valence-corrected chi connectivity index (χ2v) is 6.40. The van der Waals surface area contributed by atoms with Crippen LogP contribution in [0.3, 0.4) is 0 Å². The fraction of sp³-hybridized carbons (Fsp3) is 0.389. The number of halogens is 3. The second-order valence-electron chi connectivity index (χ2n) is 6.40. The third kappa shape index (κ3) is 4.11. The number of hydrogen-bond donors (Lipinski definition) is 1. The number of benzene rings is 1. The lowest BCUT2D eigenvalue weighted by Gasteiger charge is -2.30. The van der Waals surface area contributed by atoms with Gasteiger partial charge in [0.2, 0.25) is 5.69 Å². The Balaban J connectivity index is 1.82. The van der Waals surface area contributed by atoms with Gasteiger partial charge in [-0.2, -0.15) is 18.3 Å². The highest BCUT2D eigenvalue weighted by Gasteiger charge is 2.30. The van der Waals surface area contributed by atoms with Crippen molar-refractivity contribution in [3.05, 3.63) is 47.3 Å². The zero-order chi connectivity index (χ0) is 18.7. The molecule has 0 unspecified atom stereocenters. The highest BCUT2D eigenvalue weighted by molar-refractivity contribution is 5.76. The molecule has 8 heteroatoms. The Morgan fingerprint density at radius 3 is 2.58 bits per heavy atom. The van der Waals surface area contributed by atoms with Crippen LogP contribution < -0.4 is 5.32 Å². The summed E-state index contributed by atoms with van der Waals surface area (Å²) in [7, 11) is 2.05. The number of likely N-dealkylation sites (N-methyl/N-ethyl adjacent to an activating group) is 1. The van der Waals surface area contributed by atoms with Crippen molar-refractivity contribution < 1.29 is 13.2 Å². The zero-order valence-corrected chi connectivity index (χ0v) is 14.2. The summed E-state index contributed by atoms with van der Waals surface area (Å²) in [5, 5.41) is 11.5. The van der Waals surface area contributed by atoms with Crippen molar-refractivity contribution in [3.8, 4) is 11.3 Å². The minimum absolute atomic E-state index is 0.235. The van der Waals surface area contributed by atoms with Crippen LogP contribution in [0.25, 0.3) is 16.1 Å². The van der Waals surface area contributed by atoms with Crippen molar-refractivity contribution >= 4 is 11.5 Å². The fourth-order valence-corrected chi connectivity index (χ4v) is 3.05. The molecule has 1 N–H and O–H groups in total. The van der Waals surface area contributed by atoms with Gasteiger partial charge in [-0.25, -0.2) is 4.85 Å². The molecular weight excluding hydrogens is 343 g/mol. The zero-order valence-electron chi connectivity index (χ0n) is 14.2. The summed E-state index contributed by atoms with van der Waals surface area (Å²) >= 11 is 0. The van der Waals surface area contributed by atoms with Gasteiger partial charge in [0, 0.05) is 12.6 Å². The average molecular weight is 361 g/mol. The van der Waals surface area contributed by atoms with Gasteiger partial charge in [0.1, 0.15) is 5.82 Å². The van der Waals surface area contributed by atoms with E-state index >= 15 is 0 Å². The number of rotatable bonds is 3. The Bertz CT molecular complexity index is 811. The molecule has 1 fully saturated rings. The van der Waals surface area contributed by atoms with E-state index in [2.05, 4.69) is 32.3 Å². The third-order valence-corrected chi connectivity index (χ3v) is 4.36. The molecule has 5 nitrogen and oxygen atoms in total. The molecule has 1 aromatic heterocycles. The van der Waals surface area contributed by atoms with Crippen molar-refractivity contribution in [1.82, 2.24) is 15.1 Å². The summed E-state index contributed by atoms with van der Waals surface area (Å²) in [6.07, 6.45) is -2.30. The Morgan fingerprint density at radius 1 is 1.23 bits per heavy atom. The predicted octanol–water partition coefficient (Wildman–Crippen LogP) is 4.22. The molecule has 0 bridgehead atoms. The van der Waals surface area contributed by atoms with Gasteiger partial charge in [-0.3, -0.25) is 0 Å². The van der Waals surface area contributed by atoms with Crippen LogP contribution in [0.4, 0.5) is 24.7 Å². The van der Waals surface area contributed by atoms with E-state index in [-0.39, 0.29) is 17.4 Å². The molecule has 0 saturated carbocycles. The number of nitrogens with one attached hydrogen (secondary N) is 1. The maximum absolute atomic E-state index is 12.7. The average Bonchev–Trinajstić information content (AvgIpc) is 2.61. The van der Waals surface area contributed by atoms with E-state index in [1.54, 1.807) is 6.07 Å². The normalized spacial score (nSPS) is 18.3. The van der Waals surface area contributed by atoms with Gasteiger partial charge in [-0.1, -0.05) is 12.1 Å². The first-order valence-electron chi connectivity index (χ1n) is 8.24. The van der Waals surface area contributed by atoms with Gasteiger partial charge in [-0.05, 0) is 50.2 Å². The van der Waals surface area contributed by atoms with Crippen molar-refractivity contribution in [2.75, 3.05) is 25.5 Å². The largest absolute Gasteiger partial charge is 0.416 e. The third-order valence-electron chi connectivity index (χ3n) is 4.36. The van der Waals surface area contributed by atoms with Crippen LogP contribution in [0.15, 0.2) is 30.3 Å². The lowest BCUT2D eigenvalue weighted by Crippen LogP contribution is -2.39. The minimum atomic E-state index is -4.40. The number of alkyl halides is 3. The van der Waals surface area contributed by atoms with Crippen LogP contribution >= 0.6 is 0 Å². The van der Waals surface area contributed by atoms with Gasteiger partial charge in [-0.15, -0.1) is 5.10 Å². The molecule has 0 spiro atoms. The Kier molecular flexibility index (Phi) is 5.09. The molecular formula is C18H18F3N5. The van der Waals surface area contributed by atoms with Crippen molar-refractivity contribution in [2.24, 2.45) is 0 Å². The van der Waals surface area contributed by atoms with Crippen LogP contribution in [-0.2, 0) is 6.18 Å². The van der Waals surface area contributed by atoms with Crippen LogP contribution in [-0.4, -0.2) is 41.3 Å². The maximum atomic E-state index is 12.7. The van der Waals surface area contributed by atoms with Crippen LogP contribution in [0.1, 0.15) is 18.4 Å². The summed E-state index contributed by atoms with van der Waals surface area (Å²) in [4.78, 5) is 5.68.